The lowest BCUT2D eigenvalue weighted by atomic mass is 10.2. The molecule has 0 aliphatic heterocycles. The van der Waals surface area contributed by atoms with Crippen LogP contribution in [0.3, 0.4) is 0 Å². The summed E-state index contributed by atoms with van der Waals surface area (Å²) in [6, 6.07) is 22.5. The summed E-state index contributed by atoms with van der Waals surface area (Å²) in [4.78, 5) is 25.1. The minimum absolute atomic E-state index is 0.0521. The molecular weight excluding hydrogens is 475 g/mol. The van der Waals surface area contributed by atoms with E-state index in [4.69, 9.17) is 0 Å². The highest BCUT2D eigenvalue weighted by Gasteiger charge is 1.99. The van der Waals surface area contributed by atoms with Gasteiger partial charge >= 0.3 is 0 Å². The molecule has 0 aliphatic carbocycles. The predicted molar refractivity (Wildman–Crippen MR) is 132 cm³/mol. The van der Waals surface area contributed by atoms with Gasteiger partial charge in [0.15, 0.2) is 0 Å². The fraction of sp³-hybridized carbons (Fsp3) is 0.250. The van der Waals surface area contributed by atoms with Crippen molar-refractivity contribution in [3.05, 3.63) is 93.5 Å². The number of H-pyrrole nitrogens is 1. The molecule has 0 radical (unpaired) electrons. The Morgan fingerprint density at radius 1 is 0.793 bits per heavy atom. The van der Waals surface area contributed by atoms with Crippen LogP contribution in [0.15, 0.2) is 82.4 Å². The number of para-hydroxylation sites is 2. The van der Waals surface area contributed by atoms with Crippen molar-refractivity contribution in [3.63, 3.8) is 0 Å². The Morgan fingerprint density at radius 2 is 1.41 bits per heavy atom. The molecule has 29 heavy (non-hydrogen) atoms. The summed E-state index contributed by atoms with van der Waals surface area (Å²) in [6.07, 6.45) is 2.29. The van der Waals surface area contributed by atoms with E-state index in [2.05, 4.69) is 41.4 Å². The van der Waals surface area contributed by atoms with E-state index in [1.807, 2.05) is 65.2 Å². The lowest BCUT2D eigenvalue weighted by Gasteiger charge is -2.07. The van der Waals surface area contributed by atoms with Crippen LogP contribution in [0.5, 0.6) is 0 Å². The van der Waals surface area contributed by atoms with Gasteiger partial charge in [-0.1, -0.05) is 72.8 Å². The van der Waals surface area contributed by atoms with Crippen molar-refractivity contribution < 1.29 is 0 Å². The zero-order valence-electron chi connectivity index (χ0n) is 16.9. The molecule has 0 saturated carbocycles. The molecule has 0 atom stereocenters. The number of hydrogen-bond acceptors (Lipinski definition) is 2. The third kappa shape index (κ3) is 6.85. The zero-order valence-corrected chi connectivity index (χ0v) is 19.1. The Kier molecular flexibility index (Phi) is 9.64. The molecule has 0 bridgehead atoms. The highest BCUT2D eigenvalue weighted by molar-refractivity contribution is 14.1. The Labute approximate surface area is 184 Å². The standard InChI is InChI=1S/C12H13NO.C9H7NO.C3H7I/c1-2-9-13-11-6-4-3-5-10(11)7-8-12(13)14;11-9-6-5-7-3-1-2-4-8(7)10-9;1-2-3-4/h3-8H,2,9H2,1H3;1-6H,(H,10,11);2-3H2,1H3. The summed E-state index contributed by atoms with van der Waals surface area (Å²) in [5.41, 5.74) is 1.95. The summed E-state index contributed by atoms with van der Waals surface area (Å²) in [7, 11) is 0. The van der Waals surface area contributed by atoms with Crippen LogP contribution in [0.1, 0.15) is 26.7 Å². The first-order valence-corrected chi connectivity index (χ1v) is 11.4. The topological polar surface area (TPSA) is 54.9 Å². The SMILES string of the molecule is CCCI.CCCn1c(=O)ccc2ccccc21.O=c1ccc2ccccc2[nH]1. The fourth-order valence-electron chi connectivity index (χ4n) is 2.79. The van der Waals surface area contributed by atoms with Gasteiger partial charge in [-0.2, -0.15) is 0 Å². The molecule has 0 amide bonds. The maximum atomic E-state index is 11.6. The van der Waals surface area contributed by atoms with Crippen LogP contribution < -0.4 is 11.1 Å². The molecule has 5 heteroatoms. The van der Waals surface area contributed by atoms with Crippen molar-refractivity contribution in [2.45, 2.75) is 33.2 Å². The van der Waals surface area contributed by atoms with Crippen molar-refractivity contribution in [2.75, 3.05) is 4.43 Å². The number of fused-ring (bicyclic) bond motifs is 2. The van der Waals surface area contributed by atoms with Crippen molar-refractivity contribution >= 4 is 44.4 Å². The molecule has 2 aromatic heterocycles. The Bertz CT molecular complexity index is 1150. The summed E-state index contributed by atoms with van der Waals surface area (Å²) in [6.45, 7) is 5.04. The molecule has 1 N–H and O–H groups in total. The number of aromatic amines is 1. The van der Waals surface area contributed by atoms with Crippen LogP contribution in [0.4, 0.5) is 0 Å². The van der Waals surface area contributed by atoms with Gasteiger partial charge in [-0.15, -0.1) is 0 Å². The second-order valence-corrected chi connectivity index (χ2v) is 7.56. The van der Waals surface area contributed by atoms with Gasteiger partial charge in [-0.3, -0.25) is 9.59 Å². The van der Waals surface area contributed by atoms with Crippen LogP contribution in [0.25, 0.3) is 21.8 Å². The summed E-state index contributed by atoms with van der Waals surface area (Å²) in [5, 5.41) is 2.19. The van der Waals surface area contributed by atoms with Crippen LogP contribution in [-0.4, -0.2) is 14.0 Å². The summed E-state index contributed by atoms with van der Waals surface area (Å²) >= 11 is 2.35. The second kappa shape index (κ2) is 12.2. The molecular formula is C24H27IN2O2. The monoisotopic (exact) mass is 502 g/mol. The van der Waals surface area contributed by atoms with Gasteiger partial charge in [0.2, 0.25) is 5.56 Å². The average Bonchev–Trinajstić information content (AvgIpc) is 2.76. The largest absolute Gasteiger partial charge is 0.322 e. The van der Waals surface area contributed by atoms with Crippen molar-refractivity contribution in [3.8, 4) is 0 Å². The average molecular weight is 502 g/mol. The number of hydrogen-bond donors (Lipinski definition) is 1. The number of halogens is 1. The normalized spacial score (nSPS) is 10.0. The minimum atomic E-state index is -0.0521. The van der Waals surface area contributed by atoms with Crippen molar-refractivity contribution in [1.29, 1.82) is 0 Å². The van der Waals surface area contributed by atoms with E-state index in [1.165, 1.54) is 16.9 Å². The number of pyridine rings is 2. The molecule has 4 nitrogen and oxygen atoms in total. The van der Waals surface area contributed by atoms with Gasteiger partial charge in [-0.25, -0.2) is 0 Å². The van der Waals surface area contributed by atoms with Crippen molar-refractivity contribution in [1.82, 2.24) is 9.55 Å². The molecule has 0 saturated heterocycles. The zero-order chi connectivity index (χ0) is 21.1. The van der Waals surface area contributed by atoms with Gasteiger partial charge in [0, 0.05) is 24.2 Å². The van der Waals surface area contributed by atoms with Gasteiger partial charge in [0.25, 0.3) is 5.56 Å². The third-order valence-corrected chi connectivity index (χ3v) is 5.25. The lowest BCUT2D eigenvalue weighted by molar-refractivity contribution is 0.678. The van der Waals surface area contributed by atoms with Gasteiger partial charge in [0.05, 0.1) is 5.52 Å². The van der Waals surface area contributed by atoms with E-state index in [0.29, 0.717) is 0 Å². The van der Waals surface area contributed by atoms with Crippen molar-refractivity contribution in [2.24, 2.45) is 0 Å². The number of aromatic nitrogens is 2. The summed E-state index contributed by atoms with van der Waals surface area (Å²) in [5.74, 6) is 0. The number of alkyl halides is 1. The fourth-order valence-corrected chi connectivity index (χ4v) is 2.79. The van der Waals surface area contributed by atoms with Crippen LogP contribution in [0, 0.1) is 0 Å². The maximum absolute atomic E-state index is 11.6. The van der Waals surface area contributed by atoms with E-state index in [-0.39, 0.29) is 11.1 Å². The van der Waals surface area contributed by atoms with Crippen LogP contribution in [0.2, 0.25) is 0 Å². The molecule has 0 aliphatic rings. The molecule has 0 spiro atoms. The smallest absolute Gasteiger partial charge is 0.251 e. The maximum Gasteiger partial charge on any atom is 0.251 e. The molecule has 4 rings (SSSR count). The first-order valence-electron chi connectivity index (χ1n) is 9.83. The summed E-state index contributed by atoms with van der Waals surface area (Å²) < 4.78 is 3.12. The van der Waals surface area contributed by atoms with Gasteiger partial charge in [-0.05, 0) is 52.3 Å². The van der Waals surface area contributed by atoms with E-state index >= 15 is 0 Å². The molecule has 0 fully saturated rings. The third-order valence-electron chi connectivity index (χ3n) is 4.17. The van der Waals surface area contributed by atoms with Crippen LogP contribution >= 0.6 is 22.6 Å². The minimum Gasteiger partial charge on any atom is -0.322 e. The van der Waals surface area contributed by atoms with Gasteiger partial charge < -0.3 is 9.55 Å². The molecule has 0 unspecified atom stereocenters. The quantitative estimate of drug-likeness (QED) is 0.286. The highest BCUT2D eigenvalue weighted by atomic mass is 127. The Morgan fingerprint density at radius 3 is 2.10 bits per heavy atom. The lowest BCUT2D eigenvalue weighted by Crippen LogP contribution is -2.18. The molecule has 2 heterocycles. The molecule has 152 valence electrons. The van der Waals surface area contributed by atoms with E-state index < -0.39 is 0 Å². The second-order valence-electron chi connectivity index (χ2n) is 6.48. The number of benzene rings is 2. The van der Waals surface area contributed by atoms with Gasteiger partial charge in [0.1, 0.15) is 0 Å². The van der Waals surface area contributed by atoms with Crippen LogP contribution in [-0.2, 0) is 6.54 Å². The Hall–Kier alpha value is -2.41. The first kappa shape index (κ1) is 22.9. The molecule has 2 aromatic carbocycles. The number of rotatable bonds is 3. The number of aryl methyl sites for hydroxylation is 1. The van der Waals surface area contributed by atoms with E-state index in [9.17, 15) is 9.59 Å². The highest BCUT2D eigenvalue weighted by Crippen LogP contribution is 2.11. The number of nitrogens with one attached hydrogen (secondary N) is 1. The number of nitrogens with zero attached hydrogens (tertiary/aromatic N) is 1. The Balaban J connectivity index is 0.000000179. The first-order chi connectivity index (χ1) is 14.1. The van der Waals surface area contributed by atoms with E-state index in [1.54, 1.807) is 6.07 Å². The van der Waals surface area contributed by atoms with E-state index in [0.717, 1.165) is 34.8 Å². The molecule has 4 aromatic rings. The predicted octanol–water partition coefficient (Wildman–Crippen LogP) is 5.77.